The summed E-state index contributed by atoms with van der Waals surface area (Å²) in [5.41, 5.74) is 4.53. The van der Waals surface area contributed by atoms with E-state index in [4.69, 9.17) is 4.99 Å². The Morgan fingerprint density at radius 2 is 1.74 bits per heavy atom. The van der Waals surface area contributed by atoms with Crippen molar-refractivity contribution in [2.75, 3.05) is 0 Å². The average molecular weight is 301 g/mol. The van der Waals surface area contributed by atoms with Crippen molar-refractivity contribution in [3.8, 4) is 0 Å². The molecular weight excluding hydrogens is 282 g/mol. The highest BCUT2D eigenvalue weighted by Gasteiger charge is 2.47. The predicted molar refractivity (Wildman–Crippen MR) is 93.1 cm³/mol. The van der Waals surface area contributed by atoms with Crippen LogP contribution in [0.2, 0.25) is 0 Å². The van der Waals surface area contributed by atoms with E-state index in [1.54, 1.807) is 0 Å². The minimum absolute atomic E-state index is 0.127. The zero-order chi connectivity index (χ0) is 16.0. The molecule has 2 aromatic rings. The molecule has 0 saturated heterocycles. The maximum Gasteiger partial charge on any atom is 0.186 e. The highest BCUT2D eigenvalue weighted by atomic mass is 16.1. The van der Waals surface area contributed by atoms with Crippen molar-refractivity contribution in [1.82, 2.24) is 0 Å². The largest absolute Gasteiger partial charge is 0.292 e. The van der Waals surface area contributed by atoms with Crippen LogP contribution in [0.4, 0.5) is 0 Å². The van der Waals surface area contributed by atoms with Gasteiger partial charge in [-0.05, 0) is 31.4 Å². The summed E-state index contributed by atoms with van der Waals surface area (Å²) in [7, 11) is 0. The number of ketones is 1. The lowest BCUT2D eigenvalue weighted by atomic mass is 9.67. The lowest BCUT2D eigenvalue weighted by Crippen LogP contribution is -2.46. The Hall–Kier alpha value is -2.48. The number of carbonyl (C=O) groups excluding carboxylic acids is 1. The first kappa shape index (κ1) is 14.1. The normalized spacial score (nSPS) is 26.0. The van der Waals surface area contributed by atoms with Crippen molar-refractivity contribution < 1.29 is 4.79 Å². The van der Waals surface area contributed by atoms with E-state index in [0.717, 1.165) is 28.8 Å². The molecule has 0 radical (unpaired) electrons. The molecular formula is C21H19NO. The summed E-state index contributed by atoms with van der Waals surface area (Å²) in [6.45, 7) is 3.90. The topological polar surface area (TPSA) is 29.4 Å². The molecule has 23 heavy (non-hydrogen) atoms. The Labute approximate surface area is 136 Å². The fourth-order valence-corrected chi connectivity index (χ4v) is 3.86. The molecule has 0 aromatic heterocycles. The molecule has 4 rings (SSSR count). The van der Waals surface area contributed by atoms with Gasteiger partial charge in [0.2, 0.25) is 0 Å². The molecule has 0 unspecified atom stereocenters. The maximum absolute atomic E-state index is 12.9. The zero-order valence-corrected chi connectivity index (χ0v) is 13.4. The second-order valence-electron chi connectivity index (χ2n) is 6.57. The fraction of sp³-hybridized carbons (Fsp3) is 0.238. The van der Waals surface area contributed by atoms with Crippen LogP contribution in [0.5, 0.6) is 0 Å². The number of carbonyl (C=O) groups is 1. The van der Waals surface area contributed by atoms with Crippen LogP contribution in [0.15, 0.2) is 71.2 Å². The number of aliphatic imine (C=N–C) groups is 1. The monoisotopic (exact) mass is 301 g/mol. The Morgan fingerprint density at radius 3 is 2.52 bits per heavy atom. The second-order valence-corrected chi connectivity index (χ2v) is 6.57. The molecule has 1 aliphatic heterocycles. The number of fused-ring (bicyclic) bond motifs is 3. The van der Waals surface area contributed by atoms with Gasteiger partial charge in [-0.1, -0.05) is 60.7 Å². The van der Waals surface area contributed by atoms with Crippen molar-refractivity contribution in [1.29, 1.82) is 0 Å². The van der Waals surface area contributed by atoms with Gasteiger partial charge in [0.1, 0.15) is 5.54 Å². The van der Waals surface area contributed by atoms with Gasteiger partial charge < -0.3 is 0 Å². The van der Waals surface area contributed by atoms with E-state index in [9.17, 15) is 4.79 Å². The van der Waals surface area contributed by atoms with Crippen molar-refractivity contribution >= 4 is 11.5 Å². The van der Waals surface area contributed by atoms with Crippen LogP contribution in [0.1, 0.15) is 42.9 Å². The van der Waals surface area contributed by atoms with E-state index in [0.29, 0.717) is 0 Å². The molecule has 0 fully saturated rings. The van der Waals surface area contributed by atoms with Crippen LogP contribution < -0.4 is 0 Å². The van der Waals surface area contributed by atoms with E-state index in [-0.39, 0.29) is 11.7 Å². The average Bonchev–Trinajstić information content (AvgIpc) is 2.59. The predicted octanol–water partition coefficient (Wildman–Crippen LogP) is 4.30. The Bertz CT molecular complexity index is 847. The Kier molecular flexibility index (Phi) is 3.08. The standard InChI is InChI=1S/C21H19NO/c1-14-12-13-18-16-10-6-7-11-17(16)19(15-8-4-3-5-9-15)22-21(18,2)20(14)23/h3-12,18H,13H2,1-2H3/t18-,21-/m1/s1. The summed E-state index contributed by atoms with van der Waals surface area (Å²) >= 11 is 0. The van der Waals surface area contributed by atoms with Crippen molar-refractivity contribution in [3.63, 3.8) is 0 Å². The summed E-state index contributed by atoms with van der Waals surface area (Å²) in [4.78, 5) is 17.9. The molecule has 0 saturated carbocycles. The summed E-state index contributed by atoms with van der Waals surface area (Å²) in [6, 6.07) is 18.5. The van der Waals surface area contributed by atoms with Gasteiger partial charge in [0.25, 0.3) is 0 Å². The molecule has 1 heterocycles. The van der Waals surface area contributed by atoms with Gasteiger partial charge in [0.05, 0.1) is 5.71 Å². The molecule has 0 N–H and O–H groups in total. The first-order chi connectivity index (χ1) is 11.1. The summed E-state index contributed by atoms with van der Waals surface area (Å²) < 4.78 is 0. The molecule has 114 valence electrons. The molecule has 2 heteroatoms. The molecule has 0 amide bonds. The fourth-order valence-electron chi connectivity index (χ4n) is 3.86. The number of hydrogen-bond acceptors (Lipinski definition) is 2. The molecule has 2 aromatic carbocycles. The third-order valence-electron chi connectivity index (χ3n) is 5.14. The third kappa shape index (κ3) is 2.02. The van der Waals surface area contributed by atoms with Crippen LogP contribution in [0.3, 0.4) is 0 Å². The van der Waals surface area contributed by atoms with Crippen LogP contribution in [0, 0.1) is 0 Å². The van der Waals surface area contributed by atoms with Crippen LogP contribution in [0.25, 0.3) is 0 Å². The van der Waals surface area contributed by atoms with Crippen molar-refractivity contribution in [2.24, 2.45) is 4.99 Å². The van der Waals surface area contributed by atoms with Gasteiger partial charge >= 0.3 is 0 Å². The molecule has 2 atom stereocenters. The SMILES string of the molecule is CC1=CC[C@@H]2c3ccccc3C(c3ccccc3)=N[C@@]2(C)C1=O. The van der Waals surface area contributed by atoms with Gasteiger partial charge in [-0.25, -0.2) is 0 Å². The van der Waals surface area contributed by atoms with Crippen LogP contribution in [-0.2, 0) is 4.79 Å². The van der Waals surface area contributed by atoms with E-state index in [2.05, 4.69) is 36.4 Å². The van der Waals surface area contributed by atoms with Crippen LogP contribution in [-0.4, -0.2) is 17.0 Å². The van der Waals surface area contributed by atoms with E-state index in [1.165, 1.54) is 5.56 Å². The second kappa shape index (κ2) is 5.02. The summed E-state index contributed by atoms with van der Waals surface area (Å²) in [5.74, 6) is 0.277. The van der Waals surface area contributed by atoms with E-state index in [1.807, 2.05) is 38.1 Å². The van der Waals surface area contributed by atoms with Gasteiger partial charge in [0.15, 0.2) is 5.78 Å². The lowest BCUT2D eigenvalue weighted by Gasteiger charge is -2.41. The van der Waals surface area contributed by atoms with Crippen LogP contribution >= 0.6 is 0 Å². The van der Waals surface area contributed by atoms with E-state index >= 15 is 0 Å². The number of benzene rings is 2. The minimum atomic E-state index is -0.696. The smallest absolute Gasteiger partial charge is 0.186 e. The highest BCUT2D eigenvalue weighted by Crippen LogP contribution is 2.45. The first-order valence-corrected chi connectivity index (χ1v) is 8.07. The Morgan fingerprint density at radius 1 is 1.04 bits per heavy atom. The van der Waals surface area contributed by atoms with Gasteiger partial charge in [-0.15, -0.1) is 0 Å². The maximum atomic E-state index is 12.9. The van der Waals surface area contributed by atoms with E-state index < -0.39 is 5.54 Å². The molecule has 1 aliphatic carbocycles. The van der Waals surface area contributed by atoms with Crippen molar-refractivity contribution in [3.05, 3.63) is 82.9 Å². The minimum Gasteiger partial charge on any atom is -0.292 e. The van der Waals surface area contributed by atoms with Gasteiger partial charge in [-0.2, -0.15) is 0 Å². The lowest BCUT2D eigenvalue weighted by molar-refractivity contribution is -0.121. The number of nitrogens with zero attached hydrogens (tertiary/aromatic N) is 1. The Balaban J connectivity index is 1.99. The number of hydrogen-bond donors (Lipinski definition) is 0. The quantitative estimate of drug-likeness (QED) is 0.772. The van der Waals surface area contributed by atoms with Gasteiger partial charge in [-0.3, -0.25) is 9.79 Å². The molecule has 2 nitrogen and oxygen atoms in total. The zero-order valence-electron chi connectivity index (χ0n) is 13.4. The number of rotatable bonds is 1. The number of allylic oxidation sites excluding steroid dienone is 1. The van der Waals surface area contributed by atoms with Crippen molar-refractivity contribution in [2.45, 2.75) is 31.7 Å². The first-order valence-electron chi connectivity index (χ1n) is 8.07. The number of Topliss-reactive ketones (excluding diaryl/α,β-unsaturated/α-hetero) is 1. The molecule has 0 spiro atoms. The third-order valence-corrected chi connectivity index (χ3v) is 5.14. The summed E-state index contributed by atoms with van der Waals surface area (Å²) in [5, 5.41) is 0. The molecule has 2 aliphatic rings. The summed E-state index contributed by atoms with van der Waals surface area (Å²) in [6.07, 6.45) is 2.94. The molecule has 0 bridgehead atoms. The van der Waals surface area contributed by atoms with Gasteiger partial charge in [0, 0.05) is 17.0 Å². The highest BCUT2D eigenvalue weighted by molar-refractivity contribution is 6.17.